The molecule has 3 rings (SSSR count). The first-order chi connectivity index (χ1) is 13.1. The number of hydrogen-bond donors (Lipinski definition) is 1. The molecule has 7 nitrogen and oxygen atoms in total. The summed E-state index contributed by atoms with van der Waals surface area (Å²) in [6.45, 7) is 0. The van der Waals surface area contributed by atoms with Gasteiger partial charge in [-0.1, -0.05) is 6.07 Å². The van der Waals surface area contributed by atoms with Gasteiger partial charge in [0.05, 0.1) is 11.7 Å². The summed E-state index contributed by atoms with van der Waals surface area (Å²) in [5.41, 5.74) is 0.529. The van der Waals surface area contributed by atoms with Crippen LogP contribution in [0.15, 0.2) is 47.9 Å². The quantitative estimate of drug-likeness (QED) is 0.616. The van der Waals surface area contributed by atoms with Crippen LogP contribution in [0, 0.1) is 0 Å². The summed E-state index contributed by atoms with van der Waals surface area (Å²) in [6.07, 6.45) is -5.20. The third kappa shape index (κ3) is 4.27. The fourth-order valence-corrected chi connectivity index (χ4v) is 2.79. The molecule has 0 aliphatic carbocycles. The average Bonchev–Trinajstić information content (AvgIpc) is 2.60. The standard InChI is InChI=1S/C16H12F4N4O3S/c1-28(25,26)13-6-11-12(7-21-13)22-8-23-14(11)24-9-3-2-4-10(5-9)27-16(19,20)15(17)18/h2-8,15H,1H3,(H,22,23,24). The molecule has 148 valence electrons. The second kappa shape index (κ2) is 7.19. The second-order valence-electron chi connectivity index (χ2n) is 5.65. The zero-order chi connectivity index (χ0) is 20.5. The molecular formula is C16H12F4N4O3S. The summed E-state index contributed by atoms with van der Waals surface area (Å²) in [5.74, 6) is -0.331. The molecule has 0 spiro atoms. The zero-order valence-electron chi connectivity index (χ0n) is 14.1. The van der Waals surface area contributed by atoms with Crippen molar-refractivity contribution in [2.75, 3.05) is 11.6 Å². The lowest BCUT2D eigenvalue weighted by molar-refractivity contribution is -0.253. The maximum absolute atomic E-state index is 13.1. The van der Waals surface area contributed by atoms with E-state index in [1.165, 1.54) is 30.7 Å². The van der Waals surface area contributed by atoms with Crippen LogP contribution in [0.25, 0.3) is 10.9 Å². The lowest BCUT2D eigenvalue weighted by Crippen LogP contribution is -2.33. The zero-order valence-corrected chi connectivity index (χ0v) is 14.9. The number of benzene rings is 1. The van der Waals surface area contributed by atoms with Crippen molar-refractivity contribution in [3.05, 3.63) is 42.9 Å². The highest BCUT2D eigenvalue weighted by Crippen LogP contribution is 2.30. The largest absolute Gasteiger partial charge is 0.461 e. The van der Waals surface area contributed by atoms with Crippen molar-refractivity contribution in [1.82, 2.24) is 15.0 Å². The van der Waals surface area contributed by atoms with Gasteiger partial charge in [0.15, 0.2) is 14.9 Å². The lowest BCUT2D eigenvalue weighted by atomic mass is 10.2. The Morgan fingerprint density at radius 2 is 1.89 bits per heavy atom. The third-order valence-electron chi connectivity index (χ3n) is 3.48. The van der Waals surface area contributed by atoms with E-state index in [1.807, 2.05) is 0 Å². The summed E-state index contributed by atoms with van der Waals surface area (Å²) < 4.78 is 78.2. The number of halogens is 4. The van der Waals surface area contributed by atoms with Crippen molar-refractivity contribution < 1.29 is 30.7 Å². The van der Waals surface area contributed by atoms with Crippen molar-refractivity contribution in [2.45, 2.75) is 17.6 Å². The summed E-state index contributed by atoms with van der Waals surface area (Å²) >= 11 is 0. The van der Waals surface area contributed by atoms with Crippen LogP contribution in [-0.4, -0.2) is 42.2 Å². The number of alkyl halides is 4. The van der Waals surface area contributed by atoms with Gasteiger partial charge in [-0.15, -0.1) is 0 Å². The van der Waals surface area contributed by atoms with E-state index < -0.39 is 28.1 Å². The highest BCUT2D eigenvalue weighted by molar-refractivity contribution is 7.90. The molecule has 0 fully saturated rings. The molecule has 0 bridgehead atoms. The number of sulfone groups is 1. The predicted octanol–water partition coefficient (Wildman–Crippen LogP) is 3.41. The molecule has 0 aliphatic heterocycles. The Morgan fingerprint density at radius 1 is 1.14 bits per heavy atom. The minimum absolute atomic E-state index is 0.162. The Kier molecular flexibility index (Phi) is 5.06. The first-order valence-electron chi connectivity index (χ1n) is 7.59. The molecule has 0 amide bonds. The summed E-state index contributed by atoms with van der Waals surface area (Å²) in [6, 6.07) is 6.19. The first-order valence-corrected chi connectivity index (χ1v) is 9.48. The van der Waals surface area contributed by atoms with Crippen LogP contribution in [0.5, 0.6) is 5.75 Å². The van der Waals surface area contributed by atoms with E-state index in [-0.39, 0.29) is 16.5 Å². The molecular weight excluding hydrogens is 404 g/mol. The maximum Gasteiger partial charge on any atom is 0.461 e. The number of pyridine rings is 1. The molecule has 12 heteroatoms. The van der Waals surface area contributed by atoms with E-state index in [9.17, 15) is 26.0 Å². The Bertz CT molecular complexity index is 1130. The molecule has 2 heterocycles. The minimum atomic E-state index is -4.64. The van der Waals surface area contributed by atoms with Gasteiger partial charge in [0.1, 0.15) is 17.9 Å². The number of rotatable bonds is 6. The number of ether oxygens (including phenoxy) is 1. The van der Waals surface area contributed by atoms with Gasteiger partial charge in [0.2, 0.25) is 0 Å². The highest BCUT2D eigenvalue weighted by atomic mass is 32.2. The molecule has 1 aromatic carbocycles. The third-order valence-corrected chi connectivity index (χ3v) is 4.46. The highest BCUT2D eigenvalue weighted by Gasteiger charge is 2.44. The Balaban J connectivity index is 1.96. The predicted molar refractivity (Wildman–Crippen MR) is 91.7 cm³/mol. The lowest BCUT2D eigenvalue weighted by Gasteiger charge is -2.17. The Morgan fingerprint density at radius 3 is 2.57 bits per heavy atom. The van der Waals surface area contributed by atoms with Gasteiger partial charge in [-0.3, -0.25) is 0 Å². The van der Waals surface area contributed by atoms with E-state index in [0.29, 0.717) is 10.9 Å². The maximum atomic E-state index is 13.1. The van der Waals surface area contributed by atoms with Crippen LogP contribution in [0.1, 0.15) is 0 Å². The van der Waals surface area contributed by atoms with E-state index in [2.05, 4.69) is 25.0 Å². The Hall–Kier alpha value is -3.02. The Labute approximate surface area is 156 Å². The number of anilines is 2. The minimum Gasteiger partial charge on any atom is -0.428 e. The van der Waals surface area contributed by atoms with Crippen LogP contribution in [-0.2, 0) is 9.84 Å². The van der Waals surface area contributed by atoms with Crippen LogP contribution in [0.3, 0.4) is 0 Å². The van der Waals surface area contributed by atoms with Gasteiger partial charge < -0.3 is 10.1 Å². The molecule has 1 N–H and O–H groups in total. The van der Waals surface area contributed by atoms with Gasteiger partial charge in [-0.05, 0) is 18.2 Å². The molecule has 0 saturated carbocycles. The van der Waals surface area contributed by atoms with Gasteiger partial charge in [0.25, 0.3) is 0 Å². The van der Waals surface area contributed by atoms with Gasteiger partial charge in [-0.25, -0.2) is 23.4 Å². The van der Waals surface area contributed by atoms with Crippen molar-refractivity contribution in [1.29, 1.82) is 0 Å². The molecule has 0 radical (unpaired) electrons. The summed E-state index contributed by atoms with van der Waals surface area (Å²) in [4.78, 5) is 11.8. The van der Waals surface area contributed by atoms with Gasteiger partial charge in [0, 0.05) is 23.4 Å². The van der Waals surface area contributed by atoms with Gasteiger partial charge in [-0.2, -0.15) is 17.6 Å². The fraction of sp³-hybridized carbons (Fsp3) is 0.188. The topological polar surface area (TPSA) is 94.1 Å². The van der Waals surface area contributed by atoms with E-state index in [4.69, 9.17) is 0 Å². The number of nitrogens with one attached hydrogen (secondary N) is 1. The molecule has 0 aliphatic rings. The number of fused-ring (bicyclic) bond motifs is 1. The molecule has 28 heavy (non-hydrogen) atoms. The monoisotopic (exact) mass is 416 g/mol. The van der Waals surface area contributed by atoms with E-state index in [0.717, 1.165) is 18.4 Å². The first kappa shape index (κ1) is 19.7. The smallest absolute Gasteiger partial charge is 0.428 e. The van der Waals surface area contributed by atoms with Crippen molar-refractivity contribution in [3.8, 4) is 5.75 Å². The van der Waals surface area contributed by atoms with Crippen LogP contribution in [0.2, 0.25) is 0 Å². The normalized spacial score (nSPS) is 12.4. The van der Waals surface area contributed by atoms with Crippen LogP contribution < -0.4 is 10.1 Å². The van der Waals surface area contributed by atoms with Crippen molar-refractivity contribution in [3.63, 3.8) is 0 Å². The summed E-state index contributed by atoms with van der Waals surface area (Å²) in [5, 5.41) is 2.90. The van der Waals surface area contributed by atoms with Gasteiger partial charge >= 0.3 is 12.5 Å². The van der Waals surface area contributed by atoms with Crippen molar-refractivity contribution >= 4 is 32.2 Å². The van der Waals surface area contributed by atoms with Crippen molar-refractivity contribution in [2.24, 2.45) is 0 Å². The average molecular weight is 416 g/mol. The molecule has 0 saturated heterocycles. The van der Waals surface area contributed by atoms with E-state index >= 15 is 0 Å². The summed E-state index contributed by atoms with van der Waals surface area (Å²) in [7, 11) is -3.59. The number of aromatic nitrogens is 3. The molecule has 0 unspecified atom stereocenters. The van der Waals surface area contributed by atoms with Crippen LogP contribution >= 0.6 is 0 Å². The molecule has 0 atom stereocenters. The van der Waals surface area contributed by atoms with E-state index in [1.54, 1.807) is 0 Å². The number of hydrogen-bond acceptors (Lipinski definition) is 7. The molecule has 3 aromatic rings. The fourth-order valence-electron chi connectivity index (χ4n) is 2.22. The molecule has 2 aromatic heterocycles. The SMILES string of the molecule is CS(=O)(=O)c1cc2c(Nc3cccc(OC(F)(F)C(F)F)c3)ncnc2cn1. The van der Waals surface area contributed by atoms with Crippen LogP contribution in [0.4, 0.5) is 29.1 Å². The second-order valence-corrected chi connectivity index (χ2v) is 7.61. The number of nitrogens with zero attached hydrogens (tertiary/aromatic N) is 3.